The third kappa shape index (κ3) is 6.26. The van der Waals surface area contributed by atoms with Gasteiger partial charge in [-0.1, -0.05) is 73.9 Å². The van der Waals surface area contributed by atoms with Crippen molar-refractivity contribution in [2.75, 3.05) is 37.7 Å². The lowest BCUT2D eigenvalue weighted by molar-refractivity contribution is 0.148. The lowest BCUT2D eigenvalue weighted by Gasteiger charge is -2.41. The van der Waals surface area contributed by atoms with Crippen LogP contribution in [-0.4, -0.2) is 53.9 Å². The molecule has 194 valence electrons. The molecule has 4 heteroatoms. The first-order chi connectivity index (χ1) is 18.2. The highest BCUT2D eigenvalue weighted by molar-refractivity contribution is 5.98. The Morgan fingerprint density at radius 2 is 1.32 bits per heavy atom. The van der Waals surface area contributed by atoms with Crippen LogP contribution in [0.1, 0.15) is 61.6 Å². The van der Waals surface area contributed by atoms with E-state index in [0.717, 1.165) is 55.3 Å². The van der Waals surface area contributed by atoms with Gasteiger partial charge in [0.1, 0.15) is 5.75 Å². The maximum atomic E-state index is 9.93. The number of nitrogens with zero attached hydrogens (tertiary/aromatic N) is 2. The van der Waals surface area contributed by atoms with Crippen LogP contribution in [0, 0.1) is 0 Å². The van der Waals surface area contributed by atoms with Gasteiger partial charge in [0.05, 0.1) is 0 Å². The second kappa shape index (κ2) is 12.4. The summed E-state index contributed by atoms with van der Waals surface area (Å²) in [7, 11) is 0. The Bertz CT molecular complexity index is 1140. The number of rotatable bonds is 8. The van der Waals surface area contributed by atoms with Gasteiger partial charge < -0.3 is 15.1 Å². The van der Waals surface area contributed by atoms with Crippen LogP contribution in [0.25, 0.3) is 11.1 Å². The Hall–Kier alpha value is -3.08. The zero-order valence-corrected chi connectivity index (χ0v) is 21.9. The van der Waals surface area contributed by atoms with Gasteiger partial charge in [-0.15, -0.1) is 0 Å². The van der Waals surface area contributed by atoms with Gasteiger partial charge in [0.15, 0.2) is 0 Å². The van der Waals surface area contributed by atoms with Gasteiger partial charge in [0, 0.05) is 44.5 Å². The van der Waals surface area contributed by atoms with Crippen LogP contribution in [0.4, 0.5) is 5.69 Å². The van der Waals surface area contributed by atoms with Crippen molar-refractivity contribution in [1.29, 1.82) is 0 Å². The van der Waals surface area contributed by atoms with Crippen molar-refractivity contribution in [2.24, 2.45) is 0 Å². The molecule has 4 nitrogen and oxygen atoms in total. The zero-order chi connectivity index (χ0) is 25.5. The van der Waals surface area contributed by atoms with Crippen LogP contribution < -0.4 is 4.90 Å². The van der Waals surface area contributed by atoms with Crippen molar-refractivity contribution < 1.29 is 10.2 Å². The highest BCUT2D eigenvalue weighted by atomic mass is 16.3. The van der Waals surface area contributed by atoms with E-state index in [1.807, 2.05) is 18.2 Å². The van der Waals surface area contributed by atoms with Crippen LogP contribution >= 0.6 is 0 Å². The lowest BCUT2D eigenvalue weighted by Crippen LogP contribution is -2.50. The van der Waals surface area contributed by atoms with Gasteiger partial charge in [-0.05, 0) is 77.8 Å². The van der Waals surface area contributed by atoms with Crippen LogP contribution in [0.15, 0.2) is 78.9 Å². The van der Waals surface area contributed by atoms with Gasteiger partial charge in [0.2, 0.25) is 0 Å². The standard InChI is InChI=1S/C33H40N2O2/c36-25-7-12-32(26-8-3-1-4-9-26)33(28-15-19-31(37)20-16-28)27-13-17-30(18-14-27)35-23-21-34(22-24-35)29-10-5-2-6-11-29/h1,3-4,8-9,13-20,29,36-37H,2,5-7,10-12,21-25H2. The fourth-order valence-electron chi connectivity index (χ4n) is 6.08. The summed E-state index contributed by atoms with van der Waals surface area (Å²) in [5, 5.41) is 19.6. The summed E-state index contributed by atoms with van der Waals surface area (Å²) in [4.78, 5) is 5.25. The summed E-state index contributed by atoms with van der Waals surface area (Å²) >= 11 is 0. The van der Waals surface area contributed by atoms with Crippen molar-refractivity contribution in [3.8, 4) is 5.75 Å². The molecule has 0 bridgehead atoms. The topological polar surface area (TPSA) is 46.9 Å². The fourth-order valence-corrected chi connectivity index (χ4v) is 6.08. The van der Waals surface area contributed by atoms with E-state index in [9.17, 15) is 10.2 Å². The number of aliphatic hydroxyl groups excluding tert-OH is 1. The van der Waals surface area contributed by atoms with Crippen LogP contribution in [0.5, 0.6) is 5.75 Å². The molecule has 5 rings (SSSR count). The summed E-state index contributed by atoms with van der Waals surface area (Å²) in [6, 6.07) is 27.8. The first-order valence-electron chi connectivity index (χ1n) is 14.0. The molecule has 3 aromatic rings. The van der Waals surface area contributed by atoms with Crippen molar-refractivity contribution in [3.63, 3.8) is 0 Å². The van der Waals surface area contributed by atoms with Gasteiger partial charge in [-0.25, -0.2) is 0 Å². The summed E-state index contributed by atoms with van der Waals surface area (Å²) in [6.45, 7) is 4.64. The van der Waals surface area contributed by atoms with Crippen LogP contribution in [0.3, 0.4) is 0 Å². The number of piperazine rings is 1. The van der Waals surface area contributed by atoms with Gasteiger partial charge in [-0.2, -0.15) is 0 Å². The Kier molecular flexibility index (Phi) is 8.60. The van der Waals surface area contributed by atoms with Gasteiger partial charge >= 0.3 is 0 Å². The Morgan fingerprint density at radius 3 is 1.95 bits per heavy atom. The van der Waals surface area contributed by atoms with E-state index in [1.165, 1.54) is 48.9 Å². The predicted octanol–water partition coefficient (Wildman–Crippen LogP) is 6.58. The molecule has 1 aliphatic heterocycles. The highest BCUT2D eigenvalue weighted by Gasteiger charge is 2.25. The van der Waals surface area contributed by atoms with E-state index >= 15 is 0 Å². The fraction of sp³-hybridized carbons (Fsp3) is 0.394. The maximum absolute atomic E-state index is 9.93. The van der Waals surface area contributed by atoms with Gasteiger partial charge in [0.25, 0.3) is 0 Å². The minimum atomic E-state index is 0.158. The smallest absolute Gasteiger partial charge is 0.115 e. The molecule has 0 unspecified atom stereocenters. The molecular formula is C33H40N2O2. The van der Waals surface area contributed by atoms with E-state index < -0.39 is 0 Å². The number of aliphatic hydroxyl groups is 1. The second-order valence-electron chi connectivity index (χ2n) is 10.5. The van der Waals surface area contributed by atoms with E-state index in [4.69, 9.17) is 0 Å². The number of allylic oxidation sites excluding steroid dienone is 1. The predicted molar refractivity (Wildman–Crippen MR) is 154 cm³/mol. The molecule has 2 N–H and O–H groups in total. The molecule has 0 amide bonds. The van der Waals surface area contributed by atoms with Gasteiger partial charge in [-0.3, -0.25) is 4.90 Å². The first kappa shape index (κ1) is 25.6. The molecule has 0 atom stereocenters. The quantitative estimate of drug-likeness (QED) is 0.346. The molecule has 1 heterocycles. The normalized spacial score (nSPS) is 18.0. The minimum Gasteiger partial charge on any atom is -0.508 e. The summed E-state index contributed by atoms with van der Waals surface area (Å²) in [5.41, 5.74) is 7.06. The molecule has 0 spiro atoms. The van der Waals surface area contributed by atoms with Crippen molar-refractivity contribution in [2.45, 2.75) is 51.0 Å². The average molecular weight is 497 g/mol. The number of hydrogen-bond donors (Lipinski definition) is 2. The molecule has 3 aromatic carbocycles. The molecule has 2 aliphatic rings. The molecule has 37 heavy (non-hydrogen) atoms. The second-order valence-corrected chi connectivity index (χ2v) is 10.5. The van der Waals surface area contributed by atoms with Crippen molar-refractivity contribution in [3.05, 3.63) is 95.6 Å². The molecule has 1 saturated heterocycles. The van der Waals surface area contributed by atoms with Crippen molar-refractivity contribution in [1.82, 2.24) is 4.90 Å². The largest absolute Gasteiger partial charge is 0.508 e. The molecular weight excluding hydrogens is 456 g/mol. The maximum Gasteiger partial charge on any atom is 0.115 e. The average Bonchev–Trinajstić information content (AvgIpc) is 2.97. The number of hydrogen-bond acceptors (Lipinski definition) is 4. The summed E-state index contributed by atoms with van der Waals surface area (Å²) in [5.74, 6) is 0.266. The minimum absolute atomic E-state index is 0.158. The third-order valence-corrected chi connectivity index (χ3v) is 8.09. The first-order valence-corrected chi connectivity index (χ1v) is 14.0. The van der Waals surface area contributed by atoms with E-state index in [1.54, 1.807) is 12.1 Å². The molecule has 1 aliphatic carbocycles. The number of aromatic hydroxyl groups is 1. The van der Waals surface area contributed by atoms with Crippen LogP contribution in [0.2, 0.25) is 0 Å². The summed E-state index contributed by atoms with van der Waals surface area (Å²) in [6.07, 6.45) is 8.44. The van der Waals surface area contributed by atoms with Crippen molar-refractivity contribution >= 4 is 16.8 Å². The Labute approximate surface area is 221 Å². The van der Waals surface area contributed by atoms with E-state index in [0.29, 0.717) is 6.42 Å². The monoisotopic (exact) mass is 496 g/mol. The number of phenols is 1. The number of anilines is 1. The SMILES string of the molecule is OCCCC(=C(c1ccc(O)cc1)c1ccc(N2CCN(C3CCCCC3)CC2)cc1)c1ccccc1. The highest BCUT2D eigenvalue weighted by Crippen LogP contribution is 2.36. The Morgan fingerprint density at radius 1 is 0.703 bits per heavy atom. The molecule has 2 fully saturated rings. The lowest BCUT2D eigenvalue weighted by atomic mass is 9.87. The van der Waals surface area contributed by atoms with E-state index in [-0.39, 0.29) is 12.4 Å². The number of phenolic OH excluding ortho intramolecular Hbond substituents is 1. The van der Waals surface area contributed by atoms with Crippen LogP contribution in [-0.2, 0) is 0 Å². The zero-order valence-electron chi connectivity index (χ0n) is 21.9. The third-order valence-electron chi connectivity index (χ3n) is 8.09. The molecule has 0 aromatic heterocycles. The number of benzene rings is 3. The van der Waals surface area contributed by atoms with E-state index in [2.05, 4.69) is 58.3 Å². The Balaban J connectivity index is 1.42. The molecule has 0 radical (unpaired) electrons. The molecule has 1 saturated carbocycles. The summed E-state index contributed by atoms with van der Waals surface area (Å²) < 4.78 is 0.